The fourth-order valence-electron chi connectivity index (χ4n) is 3.91. The molecule has 1 aromatic carbocycles. The van der Waals surface area contributed by atoms with Crippen LogP contribution in [0.4, 0.5) is 0 Å². The van der Waals surface area contributed by atoms with Crippen LogP contribution in [-0.2, 0) is 4.79 Å². The second-order valence-electron chi connectivity index (χ2n) is 7.51. The minimum Gasteiger partial charge on any atom is -0.497 e. The third-order valence-electron chi connectivity index (χ3n) is 5.38. The molecule has 0 radical (unpaired) electrons. The van der Waals surface area contributed by atoms with Gasteiger partial charge in [-0.2, -0.15) is 0 Å². The topological polar surface area (TPSA) is 97.6 Å². The molecule has 0 bridgehead atoms. The van der Waals surface area contributed by atoms with Gasteiger partial charge in [-0.25, -0.2) is 4.98 Å². The molecule has 4 rings (SSSR count). The quantitative estimate of drug-likeness (QED) is 0.630. The average molecular weight is 441 g/mol. The summed E-state index contributed by atoms with van der Waals surface area (Å²) in [7, 11) is 1.60. The lowest BCUT2D eigenvalue weighted by atomic mass is 9.90. The summed E-state index contributed by atoms with van der Waals surface area (Å²) >= 11 is 1.51. The van der Waals surface area contributed by atoms with Crippen LogP contribution >= 0.6 is 11.3 Å². The Balaban J connectivity index is 1.50. The van der Waals surface area contributed by atoms with Gasteiger partial charge in [-0.1, -0.05) is 17.3 Å². The molecule has 2 unspecified atom stereocenters. The maximum atomic E-state index is 13.1. The number of benzene rings is 1. The number of rotatable bonds is 6. The lowest BCUT2D eigenvalue weighted by Gasteiger charge is -2.36. The number of piperidine rings is 1. The molecule has 0 aliphatic carbocycles. The number of carbonyl (C=O) groups is 2. The molecule has 2 aromatic heterocycles. The van der Waals surface area contributed by atoms with Crippen molar-refractivity contribution in [1.29, 1.82) is 0 Å². The van der Waals surface area contributed by atoms with Gasteiger partial charge in [-0.15, -0.1) is 11.3 Å². The summed E-state index contributed by atoms with van der Waals surface area (Å²) in [6.07, 6.45) is 3.48. The van der Waals surface area contributed by atoms with Gasteiger partial charge in [0.25, 0.3) is 5.91 Å². The number of methoxy groups -OCH3 is 1. The smallest absolute Gasteiger partial charge is 0.276 e. The van der Waals surface area contributed by atoms with Crippen LogP contribution < -0.4 is 10.1 Å². The second-order valence-corrected chi connectivity index (χ2v) is 8.44. The molecule has 1 N–H and O–H groups in total. The normalized spacial score (nSPS) is 17.2. The van der Waals surface area contributed by atoms with Crippen LogP contribution in [0.3, 0.4) is 0 Å². The largest absolute Gasteiger partial charge is 0.497 e. The third-order valence-corrected chi connectivity index (χ3v) is 6.23. The van der Waals surface area contributed by atoms with Crippen LogP contribution in [0.2, 0.25) is 0 Å². The van der Waals surface area contributed by atoms with Gasteiger partial charge in [0, 0.05) is 49.1 Å². The molecular formula is C22H24N4O4S. The van der Waals surface area contributed by atoms with Crippen LogP contribution in [0.1, 0.15) is 41.3 Å². The van der Waals surface area contributed by atoms with Crippen molar-refractivity contribution in [2.24, 2.45) is 5.92 Å². The van der Waals surface area contributed by atoms with Crippen molar-refractivity contribution in [3.8, 4) is 17.1 Å². The number of amides is 2. The van der Waals surface area contributed by atoms with Crippen molar-refractivity contribution in [3.05, 3.63) is 52.6 Å². The summed E-state index contributed by atoms with van der Waals surface area (Å²) in [6, 6.07) is 8.85. The zero-order valence-corrected chi connectivity index (χ0v) is 18.2. The van der Waals surface area contributed by atoms with Gasteiger partial charge in [-0.3, -0.25) is 9.59 Å². The molecule has 0 saturated carbocycles. The number of nitrogens with zero attached hydrogens (tertiary/aromatic N) is 3. The Morgan fingerprint density at radius 2 is 2.23 bits per heavy atom. The van der Waals surface area contributed by atoms with E-state index < -0.39 is 0 Å². The van der Waals surface area contributed by atoms with Crippen molar-refractivity contribution in [2.45, 2.75) is 25.8 Å². The predicted molar refractivity (Wildman–Crippen MR) is 116 cm³/mol. The van der Waals surface area contributed by atoms with E-state index in [-0.39, 0.29) is 29.5 Å². The van der Waals surface area contributed by atoms with E-state index in [1.165, 1.54) is 18.3 Å². The third kappa shape index (κ3) is 4.77. The molecule has 3 heterocycles. The lowest BCUT2D eigenvalue weighted by molar-refractivity contribution is -0.120. The number of hydrogen-bond donors (Lipinski definition) is 1. The highest BCUT2D eigenvalue weighted by Gasteiger charge is 2.33. The zero-order valence-electron chi connectivity index (χ0n) is 17.4. The van der Waals surface area contributed by atoms with E-state index >= 15 is 0 Å². The predicted octanol–water partition coefficient (Wildman–Crippen LogP) is 3.54. The number of ether oxygens (including phenoxy) is 1. The number of hydrogen-bond acceptors (Lipinski definition) is 7. The molecule has 9 heteroatoms. The van der Waals surface area contributed by atoms with Gasteiger partial charge < -0.3 is 19.5 Å². The van der Waals surface area contributed by atoms with E-state index in [2.05, 4.69) is 15.5 Å². The Hall–Kier alpha value is -3.20. The fraction of sp³-hybridized carbons (Fsp3) is 0.364. The monoisotopic (exact) mass is 440 g/mol. The van der Waals surface area contributed by atoms with Gasteiger partial charge in [-0.05, 0) is 25.0 Å². The highest BCUT2D eigenvalue weighted by molar-refractivity contribution is 7.09. The van der Waals surface area contributed by atoms with Gasteiger partial charge in [0.15, 0.2) is 11.5 Å². The average Bonchev–Trinajstić information content (AvgIpc) is 3.49. The van der Waals surface area contributed by atoms with Gasteiger partial charge in [0.1, 0.15) is 10.8 Å². The minimum absolute atomic E-state index is 0.0810. The van der Waals surface area contributed by atoms with E-state index in [1.807, 2.05) is 29.6 Å². The number of nitrogens with one attached hydrogen (secondary N) is 1. The Morgan fingerprint density at radius 1 is 1.35 bits per heavy atom. The van der Waals surface area contributed by atoms with Crippen LogP contribution in [0, 0.1) is 5.92 Å². The molecule has 0 spiro atoms. The summed E-state index contributed by atoms with van der Waals surface area (Å²) in [5.41, 5.74) is 1.06. The summed E-state index contributed by atoms with van der Waals surface area (Å²) < 4.78 is 10.7. The Morgan fingerprint density at radius 3 is 2.97 bits per heavy atom. The van der Waals surface area contributed by atoms with Crippen molar-refractivity contribution in [2.75, 3.05) is 20.2 Å². The first-order chi connectivity index (χ1) is 15.0. The van der Waals surface area contributed by atoms with Crippen molar-refractivity contribution < 1.29 is 18.8 Å². The van der Waals surface area contributed by atoms with E-state index in [1.54, 1.807) is 24.3 Å². The lowest BCUT2D eigenvalue weighted by Crippen LogP contribution is -2.45. The minimum atomic E-state index is -0.210. The molecule has 8 nitrogen and oxygen atoms in total. The molecular weight excluding hydrogens is 416 g/mol. The van der Waals surface area contributed by atoms with Crippen LogP contribution in [-0.4, -0.2) is 47.1 Å². The molecule has 1 aliphatic heterocycles. The number of carbonyl (C=O) groups excluding carboxylic acids is 2. The molecule has 1 aliphatic rings. The Bertz CT molecular complexity index is 1050. The van der Waals surface area contributed by atoms with Gasteiger partial charge in [0.05, 0.1) is 13.2 Å². The first-order valence-corrected chi connectivity index (χ1v) is 11.0. The van der Waals surface area contributed by atoms with E-state index in [0.29, 0.717) is 24.6 Å². The number of aromatic nitrogens is 2. The van der Waals surface area contributed by atoms with Crippen LogP contribution in [0.15, 0.2) is 46.4 Å². The molecule has 1 saturated heterocycles. The summed E-state index contributed by atoms with van der Waals surface area (Å²) in [4.78, 5) is 31.1. The zero-order chi connectivity index (χ0) is 21.8. The summed E-state index contributed by atoms with van der Waals surface area (Å²) in [5, 5.41) is 9.77. The maximum Gasteiger partial charge on any atom is 0.276 e. The highest BCUT2D eigenvalue weighted by Crippen LogP contribution is 2.32. The molecule has 2 atom stereocenters. The van der Waals surface area contributed by atoms with Crippen LogP contribution in [0.5, 0.6) is 5.75 Å². The summed E-state index contributed by atoms with van der Waals surface area (Å²) in [5.74, 6) is 1.01. The second kappa shape index (κ2) is 9.30. The molecule has 31 heavy (non-hydrogen) atoms. The molecule has 162 valence electrons. The SMILES string of the molecule is COc1cccc(-c2cc(C(=O)N3CCCC(C(NC(C)=O)c4nccs4)C3)no2)c1. The first-order valence-electron chi connectivity index (χ1n) is 10.1. The fourth-order valence-corrected chi connectivity index (χ4v) is 4.69. The van der Waals surface area contributed by atoms with Crippen molar-refractivity contribution >= 4 is 23.2 Å². The molecule has 2 amide bonds. The first kappa shape index (κ1) is 21.0. The highest BCUT2D eigenvalue weighted by atomic mass is 32.1. The van der Waals surface area contributed by atoms with E-state index in [4.69, 9.17) is 9.26 Å². The van der Waals surface area contributed by atoms with E-state index in [0.717, 1.165) is 23.4 Å². The number of likely N-dealkylation sites (tertiary alicyclic amines) is 1. The van der Waals surface area contributed by atoms with Crippen LogP contribution in [0.25, 0.3) is 11.3 Å². The molecule has 3 aromatic rings. The van der Waals surface area contributed by atoms with E-state index in [9.17, 15) is 9.59 Å². The Labute approximate surface area is 184 Å². The molecule has 1 fully saturated rings. The number of thiazole rings is 1. The summed E-state index contributed by atoms with van der Waals surface area (Å²) in [6.45, 7) is 2.66. The van der Waals surface area contributed by atoms with Crippen molar-refractivity contribution in [1.82, 2.24) is 20.4 Å². The van der Waals surface area contributed by atoms with Gasteiger partial charge >= 0.3 is 0 Å². The standard InChI is InChI=1S/C22H24N4O4S/c1-14(27)24-20(21-23-8-10-31-21)16-6-4-9-26(13-16)22(28)18-12-19(30-25-18)15-5-3-7-17(11-15)29-2/h3,5,7-8,10-12,16,20H,4,6,9,13H2,1-2H3,(H,24,27). The Kier molecular flexibility index (Phi) is 6.31. The van der Waals surface area contributed by atoms with Gasteiger partial charge in [0.2, 0.25) is 5.91 Å². The van der Waals surface area contributed by atoms with Crippen molar-refractivity contribution in [3.63, 3.8) is 0 Å². The maximum absolute atomic E-state index is 13.1.